The summed E-state index contributed by atoms with van der Waals surface area (Å²) < 4.78 is 5.32. The van der Waals surface area contributed by atoms with E-state index in [4.69, 9.17) is 4.52 Å². The van der Waals surface area contributed by atoms with Gasteiger partial charge < -0.3 is 15.2 Å². The summed E-state index contributed by atoms with van der Waals surface area (Å²) in [5.74, 6) is 0.246. The average molecular weight is 429 g/mol. The number of fused-ring (bicyclic) bond motifs is 1. The summed E-state index contributed by atoms with van der Waals surface area (Å²) >= 11 is 0. The largest absolute Gasteiger partial charge is 0.361 e. The summed E-state index contributed by atoms with van der Waals surface area (Å²) in [5.41, 5.74) is 2.72. The number of hydrogen-bond acceptors (Lipinski definition) is 6. The van der Waals surface area contributed by atoms with E-state index < -0.39 is 0 Å². The quantitative estimate of drug-likeness (QED) is 0.488. The van der Waals surface area contributed by atoms with Gasteiger partial charge in [0.25, 0.3) is 5.91 Å². The molecule has 0 spiro atoms. The Morgan fingerprint density at radius 3 is 2.34 bits per heavy atom. The van der Waals surface area contributed by atoms with Gasteiger partial charge in [0.1, 0.15) is 5.76 Å². The highest BCUT2D eigenvalue weighted by atomic mass is 16.5. The number of amides is 2. The highest BCUT2D eigenvalue weighted by molar-refractivity contribution is 6.12. The lowest BCUT2D eigenvalue weighted by Crippen LogP contribution is -2.15. The molecule has 0 unspecified atom stereocenters. The molecule has 0 radical (unpaired) electrons. The number of nitrogens with zero attached hydrogens (tertiary/aromatic N) is 3. The van der Waals surface area contributed by atoms with Crippen LogP contribution in [0.5, 0.6) is 0 Å². The van der Waals surface area contributed by atoms with Crippen LogP contribution in [0.1, 0.15) is 42.6 Å². The number of benzene rings is 2. The number of carbonyl (C=O) groups is 2. The molecule has 32 heavy (non-hydrogen) atoms. The van der Waals surface area contributed by atoms with Crippen LogP contribution in [0.25, 0.3) is 10.9 Å². The molecule has 0 aliphatic heterocycles. The van der Waals surface area contributed by atoms with Gasteiger partial charge in [-0.05, 0) is 30.3 Å². The van der Waals surface area contributed by atoms with E-state index in [0.29, 0.717) is 28.1 Å². The number of anilines is 2. The van der Waals surface area contributed by atoms with Crippen molar-refractivity contribution in [2.45, 2.75) is 32.6 Å². The fourth-order valence-electron chi connectivity index (χ4n) is 3.14. The van der Waals surface area contributed by atoms with E-state index in [9.17, 15) is 9.59 Å². The Hall–Kier alpha value is -4.07. The van der Waals surface area contributed by atoms with Crippen molar-refractivity contribution in [3.05, 3.63) is 77.8 Å². The zero-order valence-corrected chi connectivity index (χ0v) is 18.0. The maximum atomic E-state index is 12.7. The monoisotopic (exact) mass is 429 g/mol. The first-order valence-corrected chi connectivity index (χ1v) is 10.2. The van der Waals surface area contributed by atoms with Gasteiger partial charge in [-0.3, -0.25) is 9.59 Å². The Morgan fingerprint density at radius 2 is 1.66 bits per heavy atom. The molecule has 0 saturated heterocycles. The van der Waals surface area contributed by atoms with E-state index in [-0.39, 0.29) is 23.7 Å². The highest BCUT2D eigenvalue weighted by Gasteiger charge is 2.20. The van der Waals surface area contributed by atoms with Gasteiger partial charge in [-0.1, -0.05) is 44.1 Å². The van der Waals surface area contributed by atoms with Crippen LogP contribution in [0.2, 0.25) is 0 Å². The zero-order chi connectivity index (χ0) is 22.7. The van der Waals surface area contributed by atoms with Crippen LogP contribution in [0.4, 0.5) is 11.4 Å². The summed E-state index contributed by atoms with van der Waals surface area (Å²) in [5, 5.41) is 18.3. The van der Waals surface area contributed by atoms with Crippen molar-refractivity contribution in [2.24, 2.45) is 0 Å². The lowest BCUT2D eigenvalue weighted by molar-refractivity contribution is -0.115. The lowest BCUT2D eigenvalue weighted by Gasteiger charge is -2.12. The second-order valence-electron chi connectivity index (χ2n) is 8.46. The molecular weight excluding hydrogens is 406 g/mol. The van der Waals surface area contributed by atoms with Crippen molar-refractivity contribution in [3.63, 3.8) is 0 Å². The Morgan fingerprint density at radius 1 is 0.969 bits per heavy atom. The van der Waals surface area contributed by atoms with Crippen LogP contribution in [0.15, 0.2) is 65.3 Å². The molecule has 0 fully saturated rings. The predicted molar refractivity (Wildman–Crippen MR) is 121 cm³/mol. The van der Waals surface area contributed by atoms with Crippen molar-refractivity contribution < 1.29 is 14.1 Å². The molecule has 0 bridgehead atoms. The molecule has 0 atom stereocenters. The standard InChI is InChI=1S/C24H23N5O3/c1-24(2,3)21-12-17(29-32-21)13-22(30)26-15-8-10-16(11-9-15)27-23(31)19-14-25-28-20-7-5-4-6-18(19)20/h4-12,14H,13H2,1-3H3,(H,26,30)(H,27,31). The Labute approximate surface area is 185 Å². The summed E-state index contributed by atoms with van der Waals surface area (Å²) in [7, 11) is 0. The van der Waals surface area contributed by atoms with Crippen molar-refractivity contribution in [1.82, 2.24) is 15.4 Å². The number of aromatic nitrogens is 3. The third kappa shape index (κ3) is 4.80. The first-order valence-electron chi connectivity index (χ1n) is 10.2. The molecule has 0 aliphatic carbocycles. The van der Waals surface area contributed by atoms with Crippen molar-refractivity contribution >= 4 is 34.1 Å². The molecule has 2 N–H and O–H groups in total. The second-order valence-corrected chi connectivity index (χ2v) is 8.46. The highest BCUT2D eigenvalue weighted by Crippen LogP contribution is 2.23. The first kappa shape index (κ1) is 21.2. The molecule has 162 valence electrons. The number of carbonyl (C=O) groups excluding carboxylic acids is 2. The third-order valence-electron chi connectivity index (χ3n) is 4.86. The number of nitrogens with one attached hydrogen (secondary N) is 2. The van der Waals surface area contributed by atoms with Gasteiger partial charge >= 0.3 is 0 Å². The van der Waals surface area contributed by atoms with Crippen LogP contribution >= 0.6 is 0 Å². The molecule has 2 heterocycles. The molecule has 4 rings (SSSR count). The fraction of sp³-hybridized carbons (Fsp3) is 0.208. The van der Waals surface area contributed by atoms with Crippen LogP contribution in [0, 0.1) is 0 Å². The summed E-state index contributed by atoms with van der Waals surface area (Å²) in [6.07, 6.45) is 1.56. The van der Waals surface area contributed by atoms with Crippen LogP contribution < -0.4 is 10.6 Å². The van der Waals surface area contributed by atoms with Gasteiger partial charge in [-0.15, -0.1) is 0 Å². The summed E-state index contributed by atoms with van der Waals surface area (Å²) in [6.45, 7) is 6.06. The van der Waals surface area contributed by atoms with Gasteiger partial charge in [0.2, 0.25) is 5.91 Å². The van der Waals surface area contributed by atoms with Crippen LogP contribution in [0.3, 0.4) is 0 Å². The van der Waals surface area contributed by atoms with Gasteiger partial charge in [0.15, 0.2) is 0 Å². The van der Waals surface area contributed by atoms with Crippen molar-refractivity contribution in [3.8, 4) is 0 Å². The van der Waals surface area contributed by atoms with E-state index >= 15 is 0 Å². The van der Waals surface area contributed by atoms with E-state index in [1.54, 1.807) is 36.4 Å². The summed E-state index contributed by atoms with van der Waals surface area (Å²) in [6, 6.07) is 16.0. The Bertz CT molecular complexity index is 1270. The SMILES string of the molecule is CC(C)(C)c1cc(CC(=O)Nc2ccc(NC(=O)c3cnnc4ccccc34)cc2)no1. The minimum atomic E-state index is -0.284. The molecule has 4 aromatic rings. The Balaban J connectivity index is 1.38. The number of rotatable bonds is 5. The topological polar surface area (TPSA) is 110 Å². The Kier molecular flexibility index (Phi) is 5.68. The van der Waals surface area contributed by atoms with Gasteiger partial charge in [0.05, 0.1) is 29.4 Å². The third-order valence-corrected chi connectivity index (χ3v) is 4.86. The molecule has 8 nitrogen and oxygen atoms in total. The second kappa shape index (κ2) is 8.58. The zero-order valence-electron chi connectivity index (χ0n) is 18.0. The lowest BCUT2D eigenvalue weighted by atomic mass is 9.93. The fourth-order valence-corrected chi connectivity index (χ4v) is 3.14. The molecule has 8 heteroatoms. The molecule has 0 aliphatic rings. The van der Waals surface area contributed by atoms with E-state index in [1.807, 2.05) is 39.0 Å². The minimum absolute atomic E-state index is 0.111. The molecule has 0 saturated carbocycles. The first-order chi connectivity index (χ1) is 15.3. The molecule has 2 aromatic carbocycles. The van der Waals surface area contributed by atoms with E-state index in [0.717, 1.165) is 11.1 Å². The molecule has 2 aromatic heterocycles. The van der Waals surface area contributed by atoms with E-state index in [2.05, 4.69) is 26.0 Å². The molecule has 2 amide bonds. The predicted octanol–water partition coefficient (Wildman–Crippen LogP) is 4.35. The van der Waals surface area contributed by atoms with Crippen LogP contribution in [-0.4, -0.2) is 27.2 Å². The van der Waals surface area contributed by atoms with Crippen molar-refractivity contribution in [2.75, 3.05) is 10.6 Å². The average Bonchev–Trinajstić information content (AvgIpc) is 3.23. The number of hydrogen-bond donors (Lipinski definition) is 2. The van der Waals surface area contributed by atoms with E-state index in [1.165, 1.54) is 6.20 Å². The van der Waals surface area contributed by atoms with Gasteiger partial charge in [0, 0.05) is 28.2 Å². The van der Waals surface area contributed by atoms with Gasteiger partial charge in [-0.2, -0.15) is 10.2 Å². The maximum absolute atomic E-state index is 12.7. The molecular formula is C24H23N5O3. The van der Waals surface area contributed by atoms with Crippen molar-refractivity contribution in [1.29, 1.82) is 0 Å². The smallest absolute Gasteiger partial charge is 0.257 e. The minimum Gasteiger partial charge on any atom is -0.361 e. The summed E-state index contributed by atoms with van der Waals surface area (Å²) in [4.78, 5) is 25.0. The van der Waals surface area contributed by atoms with Crippen LogP contribution in [-0.2, 0) is 16.6 Å². The maximum Gasteiger partial charge on any atom is 0.257 e. The van der Waals surface area contributed by atoms with Gasteiger partial charge in [-0.25, -0.2) is 0 Å². The normalized spacial score (nSPS) is 11.3.